The summed E-state index contributed by atoms with van der Waals surface area (Å²) < 4.78 is 8.31. The van der Waals surface area contributed by atoms with Crippen LogP contribution >= 0.6 is 39.0 Å². The number of hydrogen-bond donors (Lipinski definition) is 1. The molecule has 0 saturated carbocycles. The standard InChI is InChI=1S/C18H16BrN3O2S2/c1-2-24-15-8-7-12(9-13(15)19)10-20-22-17(23)11-25-18-21-14-5-3-4-6-16(14)26-18/h3-10H,2,11H2,1H3,(H,22,23)/b20-10-. The summed E-state index contributed by atoms with van der Waals surface area (Å²) in [7, 11) is 0. The van der Waals surface area contributed by atoms with E-state index in [1.165, 1.54) is 11.8 Å². The minimum atomic E-state index is -0.171. The molecule has 1 amide bonds. The van der Waals surface area contributed by atoms with Gasteiger partial charge in [-0.25, -0.2) is 10.4 Å². The molecule has 2 aromatic carbocycles. The van der Waals surface area contributed by atoms with E-state index in [-0.39, 0.29) is 11.7 Å². The molecule has 0 bridgehead atoms. The van der Waals surface area contributed by atoms with Crippen molar-refractivity contribution in [1.29, 1.82) is 0 Å². The predicted molar refractivity (Wildman–Crippen MR) is 111 cm³/mol. The first kappa shape index (κ1) is 18.9. The van der Waals surface area contributed by atoms with Gasteiger partial charge in [-0.2, -0.15) is 5.10 Å². The van der Waals surface area contributed by atoms with Crippen molar-refractivity contribution in [3.63, 3.8) is 0 Å². The highest BCUT2D eigenvalue weighted by atomic mass is 79.9. The number of halogens is 1. The molecule has 5 nitrogen and oxygen atoms in total. The molecule has 0 saturated heterocycles. The smallest absolute Gasteiger partial charge is 0.250 e. The van der Waals surface area contributed by atoms with Crippen molar-refractivity contribution in [2.24, 2.45) is 5.10 Å². The molecule has 0 unspecified atom stereocenters. The van der Waals surface area contributed by atoms with Crippen molar-refractivity contribution in [3.05, 3.63) is 52.5 Å². The molecule has 26 heavy (non-hydrogen) atoms. The van der Waals surface area contributed by atoms with Gasteiger partial charge in [-0.1, -0.05) is 23.9 Å². The van der Waals surface area contributed by atoms with E-state index in [2.05, 4.69) is 31.4 Å². The molecule has 0 atom stereocenters. The number of nitrogens with zero attached hydrogens (tertiary/aromatic N) is 2. The Balaban J connectivity index is 1.50. The number of para-hydroxylation sites is 1. The molecule has 1 N–H and O–H groups in total. The van der Waals surface area contributed by atoms with Crippen LogP contribution in [0.15, 0.2) is 56.4 Å². The Morgan fingerprint density at radius 3 is 3.00 bits per heavy atom. The van der Waals surface area contributed by atoms with Gasteiger partial charge in [-0.05, 0) is 58.7 Å². The number of aromatic nitrogens is 1. The fourth-order valence-electron chi connectivity index (χ4n) is 2.12. The molecule has 0 aliphatic rings. The van der Waals surface area contributed by atoms with Crippen LogP contribution < -0.4 is 10.2 Å². The van der Waals surface area contributed by atoms with Crippen LogP contribution in [0, 0.1) is 0 Å². The Hall–Kier alpha value is -1.90. The number of benzene rings is 2. The van der Waals surface area contributed by atoms with E-state index >= 15 is 0 Å². The Morgan fingerprint density at radius 2 is 2.23 bits per heavy atom. The van der Waals surface area contributed by atoms with E-state index in [0.29, 0.717) is 6.61 Å². The van der Waals surface area contributed by atoms with E-state index in [1.54, 1.807) is 17.6 Å². The first-order valence-electron chi connectivity index (χ1n) is 7.88. The lowest BCUT2D eigenvalue weighted by molar-refractivity contribution is -0.118. The van der Waals surface area contributed by atoms with Gasteiger partial charge in [0.1, 0.15) is 5.75 Å². The van der Waals surface area contributed by atoms with Gasteiger partial charge in [0, 0.05) is 0 Å². The molecule has 8 heteroatoms. The van der Waals surface area contributed by atoms with Crippen molar-refractivity contribution in [1.82, 2.24) is 10.4 Å². The van der Waals surface area contributed by atoms with E-state index in [0.717, 1.165) is 30.3 Å². The molecule has 0 radical (unpaired) electrons. The molecule has 0 aliphatic carbocycles. The Labute approximate surface area is 168 Å². The van der Waals surface area contributed by atoms with Gasteiger partial charge in [-0.15, -0.1) is 11.3 Å². The second-order valence-corrected chi connectivity index (χ2v) is 8.26. The van der Waals surface area contributed by atoms with Crippen LogP contribution in [0.3, 0.4) is 0 Å². The number of rotatable bonds is 7. The van der Waals surface area contributed by atoms with Gasteiger partial charge in [0.2, 0.25) is 0 Å². The van der Waals surface area contributed by atoms with Gasteiger partial charge in [0.05, 0.1) is 33.3 Å². The summed E-state index contributed by atoms with van der Waals surface area (Å²) >= 11 is 6.44. The molecule has 1 aromatic heterocycles. The zero-order valence-electron chi connectivity index (χ0n) is 13.9. The molecular weight excluding hydrogens is 434 g/mol. The number of thioether (sulfide) groups is 1. The highest BCUT2D eigenvalue weighted by Gasteiger charge is 2.07. The third-order valence-electron chi connectivity index (χ3n) is 3.26. The summed E-state index contributed by atoms with van der Waals surface area (Å²) in [6, 6.07) is 13.6. The number of amides is 1. The molecule has 0 aliphatic heterocycles. The number of ether oxygens (including phenoxy) is 1. The summed E-state index contributed by atoms with van der Waals surface area (Å²) in [6.07, 6.45) is 1.60. The predicted octanol–water partition coefficient (Wildman–Crippen LogP) is 4.70. The largest absolute Gasteiger partial charge is 0.493 e. The van der Waals surface area contributed by atoms with E-state index in [9.17, 15) is 4.79 Å². The van der Waals surface area contributed by atoms with Gasteiger partial charge in [-0.3, -0.25) is 4.79 Å². The highest BCUT2D eigenvalue weighted by Crippen LogP contribution is 2.29. The normalized spacial score (nSPS) is 11.2. The summed E-state index contributed by atoms with van der Waals surface area (Å²) in [5.74, 6) is 0.876. The Kier molecular flexibility index (Phi) is 6.65. The minimum Gasteiger partial charge on any atom is -0.493 e. The zero-order chi connectivity index (χ0) is 18.4. The van der Waals surface area contributed by atoms with Crippen LogP contribution in [-0.2, 0) is 4.79 Å². The number of fused-ring (bicyclic) bond motifs is 1. The number of carbonyl (C=O) groups is 1. The van der Waals surface area contributed by atoms with E-state index < -0.39 is 0 Å². The van der Waals surface area contributed by atoms with Crippen LogP contribution in [0.1, 0.15) is 12.5 Å². The van der Waals surface area contributed by atoms with Crippen LogP contribution in [0.4, 0.5) is 0 Å². The molecule has 134 valence electrons. The average Bonchev–Trinajstić information content (AvgIpc) is 3.05. The lowest BCUT2D eigenvalue weighted by atomic mass is 10.2. The summed E-state index contributed by atoms with van der Waals surface area (Å²) in [4.78, 5) is 16.4. The first-order valence-corrected chi connectivity index (χ1v) is 10.5. The maximum atomic E-state index is 11.9. The topological polar surface area (TPSA) is 63.6 Å². The fraction of sp³-hybridized carbons (Fsp3) is 0.167. The van der Waals surface area contributed by atoms with Crippen molar-refractivity contribution < 1.29 is 9.53 Å². The van der Waals surface area contributed by atoms with Crippen LogP contribution in [-0.4, -0.2) is 29.5 Å². The average molecular weight is 450 g/mol. The minimum absolute atomic E-state index is 0.171. The number of carbonyl (C=O) groups excluding carboxylic acids is 1. The van der Waals surface area contributed by atoms with Crippen LogP contribution in [0.25, 0.3) is 10.2 Å². The monoisotopic (exact) mass is 449 g/mol. The second-order valence-electron chi connectivity index (χ2n) is 5.15. The van der Waals surface area contributed by atoms with Gasteiger partial charge < -0.3 is 4.74 Å². The maximum Gasteiger partial charge on any atom is 0.250 e. The number of hydrogen-bond acceptors (Lipinski definition) is 6. The molecule has 3 rings (SSSR count). The Morgan fingerprint density at radius 1 is 1.38 bits per heavy atom. The first-order chi connectivity index (χ1) is 12.7. The lowest BCUT2D eigenvalue weighted by Crippen LogP contribution is -2.19. The fourth-order valence-corrected chi connectivity index (χ4v) is 4.49. The van der Waals surface area contributed by atoms with Crippen molar-refractivity contribution >= 4 is 61.4 Å². The molecule has 3 aromatic rings. The van der Waals surface area contributed by atoms with Crippen molar-refractivity contribution in [2.75, 3.05) is 12.4 Å². The van der Waals surface area contributed by atoms with Crippen molar-refractivity contribution in [3.8, 4) is 5.75 Å². The third kappa shape index (κ3) is 5.06. The van der Waals surface area contributed by atoms with Crippen LogP contribution in [0.2, 0.25) is 0 Å². The van der Waals surface area contributed by atoms with Gasteiger partial charge in [0.25, 0.3) is 5.91 Å². The summed E-state index contributed by atoms with van der Waals surface area (Å²) in [5, 5.41) is 4.00. The quantitative estimate of drug-likeness (QED) is 0.322. The Bertz CT molecular complexity index is 910. The maximum absolute atomic E-state index is 11.9. The van der Waals surface area contributed by atoms with Gasteiger partial charge in [0.15, 0.2) is 4.34 Å². The van der Waals surface area contributed by atoms with Crippen molar-refractivity contribution in [2.45, 2.75) is 11.3 Å². The summed E-state index contributed by atoms with van der Waals surface area (Å²) in [5.41, 5.74) is 4.35. The SMILES string of the molecule is CCOc1ccc(/C=N\NC(=O)CSc2nc3ccccc3s2)cc1Br. The van der Waals surface area contributed by atoms with Crippen LogP contribution in [0.5, 0.6) is 5.75 Å². The summed E-state index contributed by atoms with van der Waals surface area (Å²) in [6.45, 7) is 2.54. The zero-order valence-corrected chi connectivity index (χ0v) is 17.2. The third-order valence-corrected chi connectivity index (χ3v) is 6.06. The molecule has 0 fully saturated rings. The van der Waals surface area contributed by atoms with E-state index in [4.69, 9.17) is 4.74 Å². The lowest BCUT2D eigenvalue weighted by Gasteiger charge is -2.05. The molecule has 1 heterocycles. The highest BCUT2D eigenvalue weighted by molar-refractivity contribution is 9.10. The molecule has 0 spiro atoms. The van der Waals surface area contributed by atoms with Gasteiger partial charge >= 0.3 is 0 Å². The molecular formula is C18H16BrN3O2S2. The van der Waals surface area contributed by atoms with E-state index in [1.807, 2.05) is 49.4 Å². The number of nitrogens with one attached hydrogen (secondary N) is 1. The second kappa shape index (κ2) is 9.16. The number of hydrazone groups is 1. The number of thiazole rings is 1.